The van der Waals surface area contributed by atoms with Gasteiger partial charge in [0.25, 0.3) is 0 Å². The Balaban J connectivity index is 2.02. The van der Waals surface area contributed by atoms with Gasteiger partial charge in [-0.1, -0.05) is 32.1 Å². The lowest BCUT2D eigenvalue weighted by Gasteiger charge is -2.38. The molecule has 5 nitrogen and oxygen atoms in total. The number of amides is 2. The van der Waals surface area contributed by atoms with Gasteiger partial charge in [0, 0.05) is 13.1 Å². The molecule has 120 valence electrons. The van der Waals surface area contributed by atoms with Crippen molar-refractivity contribution in [3.8, 4) is 0 Å². The molecule has 0 spiro atoms. The fraction of sp³-hybridized carbons (Fsp3) is 0.875. The SMILES string of the molecule is CC(C)(O)CC(=O)N1CCNC(=O)C1CC1CCCCC1. The van der Waals surface area contributed by atoms with E-state index in [2.05, 4.69) is 5.32 Å². The van der Waals surface area contributed by atoms with Gasteiger partial charge in [-0.3, -0.25) is 9.59 Å². The van der Waals surface area contributed by atoms with Gasteiger partial charge >= 0.3 is 0 Å². The second-order valence-corrected chi connectivity index (χ2v) is 7.12. The van der Waals surface area contributed by atoms with Crippen LogP contribution in [-0.4, -0.2) is 46.6 Å². The Bertz CT molecular complexity index is 383. The number of hydrogen-bond donors (Lipinski definition) is 2. The molecule has 0 aromatic rings. The van der Waals surface area contributed by atoms with Crippen molar-refractivity contribution in [2.75, 3.05) is 13.1 Å². The fourth-order valence-electron chi connectivity index (χ4n) is 3.46. The molecular formula is C16H28N2O3. The van der Waals surface area contributed by atoms with Crippen LogP contribution in [0.25, 0.3) is 0 Å². The Hall–Kier alpha value is -1.10. The highest BCUT2D eigenvalue weighted by atomic mass is 16.3. The summed E-state index contributed by atoms with van der Waals surface area (Å²) < 4.78 is 0. The van der Waals surface area contributed by atoms with Crippen molar-refractivity contribution in [1.82, 2.24) is 10.2 Å². The van der Waals surface area contributed by atoms with E-state index in [9.17, 15) is 14.7 Å². The molecule has 1 aliphatic carbocycles. The molecule has 1 aliphatic heterocycles. The van der Waals surface area contributed by atoms with Crippen LogP contribution in [0.2, 0.25) is 0 Å². The topological polar surface area (TPSA) is 69.6 Å². The van der Waals surface area contributed by atoms with Crippen molar-refractivity contribution in [3.63, 3.8) is 0 Å². The maximum absolute atomic E-state index is 12.4. The summed E-state index contributed by atoms with van der Waals surface area (Å²) in [7, 11) is 0. The lowest BCUT2D eigenvalue weighted by atomic mass is 9.84. The summed E-state index contributed by atoms with van der Waals surface area (Å²) in [5.74, 6) is 0.402. The van der Waals surface area contributed by atoms with Crippen LogP contribution >= 0.6 is 0 Å². The molecule has 0 bridgehead atoms. The molecule has 2 rings (SSSR count). The van der Waals surface area contributed by atoms with E-state index in [1.54, 1.807) is 18.7 Å². The third-order valence-corrected chi connectivity index (χ3v) is 4.52. The highest BCUT2D eigenvalue weighted by molar-refractivity contribution is 5.89. The van der Waals surface area contributed by atoms with Crippen LogP contribution < -0.4 is 5.32 Å². The number of carbonyl (C=O) groups is 2. The van der Waals surface area contributed by atoms with Crippen LogP contribution in [0, 0.1) is 5.92 Å². The Labute approximate surface area is 127 Å². The van der Waals surface area contributed by atoms with E-state index in [1.807, 2.05) is 0 Å². The van der Waals surface area contributed by atoms with Crippen LogP contribution in [0.4, 0.5) is 0 Å². The van der Waals surface area contributed by atoms with Gasteiger partial charge in [-0.05, 0) is 26.2 Å². The third kappa shape index (κ3) is 4.70. The zero-order valence-electron chi connectivity index (χ0n) is 13.2. The smallest absolute Gasteiger partial charge is 0.242 e. The molecule has 0 radical (unpaired) electrons. The largest absolute Gasteiger partial charge is 0.390 e. The average molecular weight is 296 g/mol. The van der Waals surface area contributed by atoms with Crippen LogP contribution in [0.15, 0.2) is 0 Å². The molecule has 1 saturated heterocycles. The highest BCUT2D eigenvalue weighted by Crippen LogP contribution is 2.29. The normalized spacial score (nSPS) is 24.8. The van der Waals surface area contributed by atoms with Gasteiger partial charge in [0.2, 0.25) is 11.8 Å². The van der Waals surface area contributed by atoms with Gasteiger partial charge in [0.15, 0.2) is 0 Å². The number of aliphatic hydroxyl groups is 1. The van der Waals surface area contributed by atoms with Crippen molar-refractivity contribution in [2.24, 2.45) is 5.92 Å². The van der Waals surface area contributed by atoms with Crippen molar-refractivity contribution < 1.29 is 14.7 Å². The van der Waals surface area contributed by atoms with Gasteiger partial charge in [-0.15, -0.1) is 0 Å². The first-order valence-corrected chi connectivity index (χ1v) is 8.16. The minimum atomic E-state index is -1.03. The van der Waals surface area contributed by atoms with Crippen LogP contribution in [0.5, 0.6) is 0 Å². The summed E-state index contributed by atoms with van der Waals surface area (Å²) in [5.41, 5.74) is -1.03. The predicted molar refractivity (Wildman–Crippen MR) is 80.6 cm³/mol. The lowest BCUT2D eigenvalue weighted by molar-refractivity contribution is -0.146. The van der Waals surface area contributed by atoms with Crippen molar-refractivity contribution in [2.45, 2.75) is 70.4 Å². The standard InChI is InChI=1S/C16H28N2O3/c1-16(2,21)11-14(19)18-9-8-17-15(20)13(18)10-12-6-4-3-5-7-12/h12-13,21H,3-11H2,1-2H3,(H,17,20). The Kier molecular flexibility index (Phi) is 5.25. The van der Waals surface area contributed by atoms with E-state index in [1.165, 1.54) is 19.3 Å². The molecule has 1 atom stereocenters. The van der Waals surface area contributed by atoms with E-state index in [0.29, 0.717) is 19.0 Å². The van der Waals surface area contributed by atoms with Gasteiger partial charge in [0.1, 0.15) is 6.04 Å². The van der Waals surface area contributed by atoms with E-state index in [-0.39, 0.29) is 24.3 Å². The monoisotopic (exact) mass is 296 g/mol. The van der Waals surface area contributed by atoms with Gasteiger partial charge in [-0.2, -0.15) is 0 Å². The fourth-order valence-corrected chi connectivity index (χ4v) is 3.46. The van der Waals surface area contributed by atoms with Crippen molar-refractivity contribution in [3.05, 3.63) is 0 Å². The zero-order chi connectivity index (χ0) is 15.5. The molecule has 1 saturated carbocycles. The average Bonchev–Trinajstić information content (AvgIpc) is 2.40. The number of rotatable bonds is 4. The number of nitrogens with one attached hydrogen (secondary N) is 1. The first-order chi connectivity index (χ1) is 9.87. The Morgan fingerprint density at radius 1 is 1.33 bits per heavy atom. The van der Waals surface area contributed by atoms with Crippen LogP contribution in [-0.2, 0) is 9.59 Å². The van der Waals surface area contributed by atoms with Gasteiger partial charge in [-0.25, -0.2) is 0 Å². The maximum Gasteiger partial charge on any atom is 0.242 e. The number of hydrogen-bond acceptors (Lipinski definition) is 3. The number of piperazine rings is 1. The van der Waals surface area contributed by atoms with Gasteiger partial charge < -0.3 is 15.3 Å². The molecule has 2 fully saturated rings. The summed E-state index contributed by atoms with van der Waals surface area (Å²) in [6.45, 7) is 4.33. The molecule has 2 aliphatic rings. The summed E-state index contributed by atoms with van der Waals surface area (Å²) in [5, 5.41) is 12.7. The zero-order valence-corrected chi connectivity index (χ0v) is 13.2. The summed E-state index contributed by atoms with van der Waals surface area (Å²) in [6, 6.07) is -0.350. The van der Waals surface area contributed by atoms with E-state index in [0.717, 1.165) is 19.3 Å². The minimum Gasteiger partial charge on any atom is -0.390 e. The van der Waals surface area contributed by atoms with Crippen LogP contribution in [0.1, 0.15) is 58.8 Å². The molecule has 2 N–H and O–H groups in total. The third-order valence-electron chi connectivity index (χ3n) is 4.52. The summed E-state index contributed by atoms with van der Waals surface area (Å²) >= 11 is 0. The number of nitrogens with zero attached hydrogens (tertiary/aromatic N) is 1. The molecule has 5 heteroatoms. The molecule has 0 aromatic carbocycles. The molecule has 1 unspecified atom stereocenters. The first-order valence-electron chi connectivity index (χ1n) is 8.16. The summed E-state index contributed by atoms with van der Waals surface area (Å²) in [4.78, 5) is 26.3. The van der Waals surface area contributed by atoms with Crippen molar-refractivity contribution in [1.29, 1.82) is 0 Å². The first kappa shape index (κ1) is 16.3. The van der Waals surface area contributed by atoms with Crippen molar-refractivity contribution >= 4 is 11.8 Å². The van der Waals surface area contributed by atoms with Crippen LogP contribution in [0.3, 0.4) is 0 Å². The number of carbonyl (C=O) groups excluding carboxylic acids is 2. The second kappa shape index (κ2) is 6.77. The molecule has 0 aromatic heterocycles. The van der Waals surface area contributed by atoms with E-state index >= 15 is 0 Å². The van der Waals surface area contributed by atoms with E-state index in [4.69, 9.17) is 0 Å². The predicted octanol–water partition coefficient (Wildman–Crippen LogP) is 1.44. The highest BCUT2D eigenvalue weighted by Gasteiger charge is 2.36. The molecular weight excluding hydrogens is 268 g/mol. The molecule has 1 heterocycles. The minimum absolute atomic E-state index is 0.0316. The lowest BCUT2D eigenvalue weighted by Crippen LogP contribution is -2.58. The summed E-state index contributed by atoms with van der Waals surface area (Å²) in [6.07, 6.45) is 6.92. The Morgan fingerprint density at radius 3 is 2.62 bits per heavy atom. The van der Waals surface area contributed by atoms with E-state index < -0.39 is 5.60 Å². The quantitative estimate of drug-likeness (QED) is 0.825. The maximum atomic E-state index is 12.4. The molecule has 21 heavy (non-hydrogen) atoms. The second-order valence-electron chi connectivity index (χ2n) is 7.12. The molecule has 2 amide bonds. The van der Waals surface area contributed by atoms with Gasteiger partial charge in [0.05, 0.1) is 12.0 Å². The Morgan fingerprint density at radius 2 is 2.00 bits per heavy atom.